The van der Waals surface area contributed by atoms with E-state index in [9.17, 15) is 9.59 Å². The molecular formula is C11H8BrNO3S. The third kappa shape index (κ3) is 3.28. The predicted molar refractivity (Wildman–Crippen MR) is 68.2 cm³/mol. The van der Waals surface area contributed by atoms with Crippen molar-refractivity contribution in [2.45, 2.75) is 6.54 Å². The number of halogens is 1. The lowest BCUT2D eigenvalue weighted by Crippen LogP contribution is -2.22. The first-order chi connectivity index (χ1) is 8.15. The van der Waals surface area contributed by atoms with Crippen LogP contribution in [0.4, 0.5) is 0 Å². The maximum absolute atomic E-state index is 11.7. The number of thiophene rings is 1. The minimum atomic E-state index is -0.469. The van der Waals surface area contributed by atoms with Crippen LogP contribution in [0.25, 0.3) is 0 Å². The lowest BCUT2D eigenvalue weighted by Gasteiger charge is -2.02. The van der Waals surface area contributed by atoms with E-state index < -0.39 is 5.63 Å². The van der Waals surface area contributed by atoms with E-state index in [0.717, 1.165) is 15.6 Å². The number of amides is 1. The highest BCUT2D eigenvalue weighted by Crippen LogP contribution is 2.19. The van der Waals surface area contributed by atoms with Gasteiger partial charge in [-0.3, -0.25) is 4.79 Å². The third-order valence-electron chi connectivity index (χ3n) is 2.01. The number of hydrogen-bond donors (Lipinski definition) is 1. The van der Waals surface area contributed by atoms with Crippen LogP contribution in [0.15, 0.2) is 43.5 Å². The third-order valence-corrected chi connectivity index (χ3v) is 3.71. The van der Waals surface area contributed by atoms with Crippen molar-refractivity contribution in [2.75, 3.05) is 0 Å². The second-order valence-corrected chi connectivity index (χ2v) is 5.17. The second kappa shape index (κ2) is 5.29. The van der Waals surface area contributed by atoms with Crippen molar-refractivity contribution >= 4 is 33.2 Å². The van der Waals surface area contributed by atoms with E-state index in [-0.39, 0.29) is 5.91 Å². The van der Waals surface area contributed by atoms with Crippen LogP contribution >= 0.6 is 27.3 Å². The fourth-order valence-corrected chi connectivity index (χ4v) is 2.59. The Kier molecular flexibility index (Phi) is 3.75. The van der Waals surface area contributed by atoms with E-state index in [0.29, 0.717) is 12.1 Å². The molecule has 1 N–H and O–H groups in total. The predicted octanol–water partition coefficient (Wildman–Crippen LogP) is 2.39. The number of hydrogen-bond acceptors (Lipinski definition) is 4. The van der Waals surface area contributed by atoms with Crippen LogP contribution in [0, 0.1) is 0 Å². The van der Waals surface area contributed by atoms with Crippen LogP contribution in [0.5, 0.6) is 0 Å². The number of nitrogens with one attached hydrogen (secondary N) is 1. The largest absolute Gasteiger partial charge is 0.430 e. The van der Waals surface area contributed by atoms with Gasteiger partial charge in [-0.25, -0.2) is 4.79 Å². The van der Waals surface area contributed by atoms with Gasteiger partial charge >= 0.3 is 5.63 Å². The van der Waals surface area contributed by atoms with Crippen LogP contribution in [-0.4, -0.2) is 5.91 Å². The van der Waals surface area contributed by atoms with Gasteiger partial charge in [0.2, 0.25) is 0 Å². The summed E-state index contributed by atoms with van der Waals surface area (Å²) < 4.78 is 5.61. The maximum Gasteiger partial charge on any atom is 0.335 e. The second-order valence-electron chi connectivity index (χ2n) is 3.26. The zero-order valence-electron chi connectivity index (χ0n) is 8.60. The molecule has 6 heteroatoms. The Morgan fingerprint density at radius 1 is 1.47 bits per heavy atom. The lowest BCUT2D eigenvalue weighted by atomic mass is 10.3. The Balaban J connectivity index is 1.98. The van der Waals surface area contributed by atoms with Crippen molar-refractivity contribution in [2.24, 2.45) is 0 Å². The molecular weight excluding hydrogens is 306 g/mol. The monoisotopic (exact) mass is 313 g/mol. The minimum absolute atomic E-state index is 0.265. The SMILES string of the molecule is O=C(NCc1cc(Br)cs1)c1ccc(=O)oc1. The summed E-state index contributed by atoms with van der Waals surface area (Å²) in [4.78, 5) is 23.4. The quantitative estimate of drug-likeness (QED) is 0.946. The van der Waals surface area contributed by atoms with Gasteiger partial charge in [0.1, 0.15) is 6.26 Å². The summed E-state index contributed by atoms with van der Waals surface area (Å²) in [6, 6.07) is 4.60. The Hall–Kier alpha value is -1.40. The molecule has 2 rings (SSSR count). The smallest absolute Gasteiger partial charge is 0.335 e. The average Bonchev–Trinajstić information content (AvgIpc) is 2.73. The molecule has 0 unspecified atom stereocenters. The molecule has 4 nitrogen and oxygen atoms in total. The molecule has 17 heavy (non-hydrogen) atoms. The standard InChI is InChI=1S/C11H8BrNO3S/c12-8-3-9(17-6-8)4-13-11(15)7-1-2-10(14)16-5-7/h1-3,5-6H,4H2,(H,13,15). The van der Waals surface area contributed by atoms with Crippen LogP contribution in [-0.2, 0) is 6.54 Å². The number of carbonyl (C=O) groups is 1. The summed E-state index contributed by atoms with van der Waals surface area (Å²) >= 11 is 4.89. The molecule has 0 radical (unpaired) electrons. The summed E-state index contributed by atoms with van der Waals surface area (Å²) in [6.45, 7) is 0.453. The highest BCUT2D eigenvalue weighted by atomic mass is 79.9. The summed E-state index contributed by atoms with van der Waals surface area (Å²) in [7, 11) is 0. The average molecular weight is 314 g/mol. The van der Waals surface area contributed by atoms with Crippen LogP contribution in [0.3, 0.4) is 0 Å². The van der Waals surface area contributed by atoms with Gasteiger partial charge in [0, 0.05) is 20.8 Å². The molecule has 0 aliphatic heterocycles. The Morgan fingerprint density at radius 3 is 2.88 bits per heavy atom. The first-order valence-electron chi connectivity index (χ1n) is 4.75. The normalized spacial score (nSPS) is 10.2. The summed E-state index contributed by atoms with van der Waals surface area (Å²) in [6.07, 6.45) is 1.15. The number of rotatable bonds is 3. The van der Waals surface area contributed by atoms with E-state index >= 15 is 0 Å². The van der Waals surface area contributed by atoms with E-state index in [2.05, 4.69) is 25.7 Å². The molecule has 0 fully saturated rings. The summed E-state index contributed by atoms with van der Waals surface area (Å²) in [5.41, 5.74) is -0.135. The van der Waals surface area contributed by atoms with Gasteiger partial charge in [0.15, 0.2) is 0 Å². The van der Waals surface area contributed by atoms with Gasteiger partial charge in [-0.15, -0.1) is 11.3 Å². The molecule has 0 atom stereocenters. The molecule has 0 bridgehead atoms. The van der Waals surface area contributed by atoms with Crippen molar-refractivity contribution in [3.8, 4) is 0 Å². The Bertz CT molecular complexity index is 570. The first kappa shape index (κ1) is 12.1. The lowest BCUT2D eigenvalue weighted by molar-refractivity contribution is 0.0949. The molecule has 0 aromatic carbocycles. The van der Waals surface area contributed by atoms with Crippen molar-refractivity contribution < 1.29 is 9.21 Å². The Morgan fingerprint density at radius 2 is 2.29 bits per heavy atom. The fourth-order valence-electron chi connectivity index (χ4n) is 1.20. The fraction of sp³-hybridized carbons (Fsp3) is 0.0909. The molecule has 1 amide bonds. The highest BCUT2D eigenvalue weighted by Gasteiger charge is 2.06. The van der Waals surface area contributed by atoms with Crippen LogP contribution in [0.1, 0.15) is 15.2 Å². The van der Waals surface area contributed by atoms with E-state index in [4.69, 9.17) is 0 Å². The van der Waals surface area contributed by atoms with E-state index in [1.807, 2.05) is 11.4 Å². The highest BCUT2D eigenvalue weighted by molar-refractivity contribution is 9.10. The molecule has 0 aliphatic rings. The summed E-state index contributed by atoms with van der Waals surface area (Å²) in [5, 5.41) is 4.68. The molecule has 2 heterocycles. The van der Waals surface area contributed by atoms with E-state index in [1.165, 1.54) is 12.1 Å². The molecule has 0 saturated heterocycles. The topological polar surface area (TPSA) is 59.3 Å². The van der Waals surface area contributed by atoms with Crippen molar-refractivity contribution in [3.05, 3.63) is 55.2 Å². The molecule has 2 aromatic heterocycles. The first-order valence-corrected chi connectivity index (χ1v) is 6.42. The van der Waals surface area contributed by atoms with Gasteiger partial charge in [-0.05, 0) is 28.1 Å². The van der Waals surface area contributed by atoms with Crippen LogP contribution in [0.2, 0.25) is 0 Å². The molecule has 88 valence electrons. The molecule has 2 aromatic rings. The summed E-state index contributed by atoms with van der Waals surface area (Å²) in [5.74, 6) is -0.265. The van der Waals surface area contributed by atoms with Gasteiger partial charge in [-0.1, -0.05) is 0 Å². The van der Waals surface area contributed by atoms with Crippen LogP contribution < -0.4 is 10.9 Å². The van der Waals surface area contributed by atoms with Crippen molar-refractivity contribution in [1.82, 2.24) is 5.32 Å². The zero-order valence-corrected chi connectivity index (χ0v) is 11.0. The number of carbonyl (C=O) groups excluding carboxylic acids is 1. The Labute approximate surface area is 109 Å². The molecule has 0 saturated carbocycles. The van der Waals surface area contributed by atoms with Crippen molar-refractivity contribution in [1.29, 1.82) is 0 Å². The van der Waals surface area contributed by atoms with Crippen molar-refractivity contribution in [3.63, 3.8) is 0 Å². The van der Waals surface area contributed by atoms with Gasteiger partial charge in [0.25, 0.3) is 5.91 Å². The molecule has 0 spiro atoms. The maximum atomic E-state index is 11.7. The minimum Gasteiger partial charge on any atom is -0.430 e. The zero-order chi connectivity index (χ0) is 12.3. The van der Waals surface area contributed by atoms with Gasteiger partial charge in [0.05, 0.1) is 12.1 Å². The van der Waals surface area contributed by atoms with Gasteiger partial charge in [-0.2, -0.15) is 0 Å². The molecule has 0 aliphatic carbocycles. The van der Waals surface area contributed by atoms with Gasteiger partial charge < -0.3 is 9.73 Å². The van der Waals surface area contributed by atoms with E-state index in [1.54, 1.807) is 11.3 Å².